The zero-order valence-electron chi connectivity index (χ0n) is 33.5. The number of aldehydes is 2. The molecule has 0 unspecified atom stereocenters. The minimum atomic E-state index is -0.966. The normalized spacial score (nSPS) is 11.7. The Kier molecular flexibility index (Phi) is 19.4. The van der Waals surface area contributed by atoms with Gasteiger partial charge in [0.05, 0.1) is 59.7 Å². The van der Waals surface area contributed by atoms with Gasteiger partial charge in [0.15, 0.2) is 18.2 Å². The lowest BCUT2D eigenvalue weighted by atomic mass is 10.1. The maximum Gasteiger partial charge on any atom is 0.337 e. The predicted octanol–water partition coefficient (Wildman–Crippen LogP) is 6.27. The van der Waals surface area contributed by atoms with E-state index in [9.17, 15) is 24.0 Å². The van der Waals surface area contributed by atoms with Crippen LogP contribution >= 0.6 is 23.2 Å². The average Bonchev–Trinajstić information content (AvgIpc) is 3.83. The maximum absolute atomic E-state index is 11.3. The smallest absolute Gasteiger partial charge is 0.337 e. The SMILES string of the molecule is COC(=O)c1ccnc(CCC2OCCO2)c1.COC(=O)c1ccnc(CCC=O)c1.Nc1ncc(Cl)cc1C=O.O=C(O)c1ccnc(Cc2cnc3ncc(Cl)cc3c2)c1. The number of ether oxygens (including phenoxy) is 4. The van der Waals surface area contributed by atoms with Crippen molar-refractivity contribution in [3.8, 4) is 0 Å². The molecule has 0 radical (unpaired) electrons. The van der Waals surface area contributed by atoms with Crippen molar-refractivity contribution in [2.75, 3.05) is 33.2 Å². The minimum absolute atomic E-state index is 0.140. The molecule has 0 saturated carbocycles. The summed E-state index contributed by atoms with van der Waals surface area (Å²) in [6, 6.07) is 14.8. The summed E-state index contributed by atoms with van der Waals surface area (Å²) >= 11 is 11.4. The summed E-state index contributed by atoms with van der Waals surface area (Å²) in [5.41, 5.74) is 10.6. The van der Waals surface area contributed by atoms with Gasteiger partial charge in [0, 0.05) is 78.9 Å². The molecule has 19 heteroatoms. The highest BCUT2D eigenvalue weighted by atomic mass is 35.5. The number of methoxy groups -OCH3 is 2. The molecule has 1 fully saturated rings. The highest BCUT2D eigenvalue weighted by Crippen LogP contribution is 2.18. The van der Waals surface area contributed by atoms with E-state index in [4.69, 9.17) is 43.5 Å². The van der Waals surface area contributed by atoms with Crippen molar-refractivity contribution < 1.29 is 48.0 Å². The van der Waals surface area contributed by atoms with Crippen LogP contribution in [0.3, 0.4) is 0 Å². The van der Waals surface area contributed by atoms with Crippen molar-refractivity contribution in [3.05, 3.63) is 147 Å². The number of nitrogens with two attached hydrogens (primary N) is 1. The number of rotatable bonds is 12. The van der Waals surface area contributed by atoms with E-state index in [1.807, 2.05) is 6.07 Å². The lowest BCUT2D eigenvalue weighted by Gasteiger charge is -2.08. The van der Waals surface area contributed by atoms with Gasteiger partial charge in [-0.3, -0.25) is 19.7 Å². The molecule has 0 atom stereocenters. The molecule has 6 aromatic heterocycles. The van der Waals surface area contributed by atoms with Gasteiger partial charge in [-0.1, -0.05) is 23.2 Å². The molecule has 322 valence electrons. The van der Waals surface area contributed by atoms with Crippen LogP contribution in [0.4, 0.5) is 5.82 Å². The van der Waals surface area contributed by atoms with Gasteiger partial charge >= 0.3 is 17.9 Å². The number of hydrogen-bond donors (Lipinski definition) is 2. The lowest BCUT2D eigenvalue weighted by molar-refractivity contribution is -0.107. The largest absolute Gasteiger partial charge is 0.478 e. The summed E-state index contributed by atoms with van der Waals surface area (Å²) in [7, 11) is 2.69. The van der Waals surface area contributed by atoms with Crippen LogP contribution in [0.5, 0.6) is 0 Å². The van der Waals surface area contributed by atoms with E-state index in [0.717, 1.165) is 41.5 Å². The highest BCUT2D eigenvalue weighted by molar-refractivity contribution is 6.31. The summed E-state index contributed by atoms with van der Waals surface area (Å²) in [6.45, 7) is 1.31. The second-order valence-corrected chi connectivity index (χ2v) is 13.7. The summed E-state index contributed by atoms with van der Waals surface area (Å²) in [4.78, 5) is 78.2. The van der Waals surface area contributed by atoms with Crippen LogP contribution in [0.15, 0.2) is 91.8 Å². The standard InChI is InChI=1S/C15H10ClN3O2.C12H15NO4.C10H11NO3.C6H5ClN2O/c16-12-5-11-3-9(7-18-14(11)19-8-12)4-13-6-10(15(20)21)1-2-17-13;1-15-12(14)9-4-5-13-10(8-9)2-3-11-16-6-7-17-11;1-14-10(13)8-4-5-11-9(7-8)3-2-6-12;7-5-1-4(3-10)6(8)9-2-5/h1-3,5-8H,4H2,(H,20,21);4-5,8,11H,2-3,6-7H2,1H3;4-7H,2-3H2,1H3;1-3H,(H2,8,9). The summed E-state index contributed by atoms with van der Waals surface area (Å²) < 4.78 is 19.9. The molecule has 7 rings (SSSR count). The van der Waals surface area contributed by atoms with Gasteiger partial charge in [-0.2, -0.15) is 0 Å². The monoisotopic (exact) mass is 885 g/mol. The molecule has 17 nitrogen and oxygen atoms in total. The van der Waals surface area contributed by atoms with E-state index >= 15 is 0 Å². The van der Waals surface area contributed by atoms with Crippen LogP contribution in [0.25, 0.3) is 11.0 Å². The van der Waals surface area contributed by atoms with E-state index < -0.39 is 5.97 Å². The number of fused-ring (bicyclic) bond motifs is 1. The third kappa shape index (κ3) is 15.7. The maximum atomic E-state index is 11.3. The molecule has 0 spiro atoms. The third-order valence-corrected chi connectivity index (χ3v) is 8.78. The fourth-order valence-electron chi connectivity index (χ4n) is 5.38. The number of halogens is 2. The first-order chi connectivity index (χ1) is 29.9. The Bertz CT molecular complexity index is 2470. The second kappa shape index (κ2) is 25.1. The van der Waals surface area contributed by atoms with Crippen LogP contribution in [0, 0.1) is 0 Å². The van der Waals surface area contributed by atoms with Crippen molar-refractivity contribution in [2.24, 2.45) is 0 Å². The quantitative estimate of drug-likeness (QED) is 0.102. The van der Waals surface area contributed by atoms with Crippen LogP contribution in [-0.4, -0.2) is 99.2 Å². The highest BCUT2D eigenvalue weighted by Gasteiger charge is 2.16. The van der Waals surface area contributed by atoms with Crippen molar-refractivity contribution in [2.45, 2.75) is 38.4 Å². The number of esters is 2. The Morgan fingerprint density at radius 3 is 1.87 bits per heavy atom. The number of anilines is 1. The molecule has 62 heavy (non-hydrogen) atoms. The van der Waals surface area contributed by atoms with E-state index in [1.54, 1.807) is 55.0 Å². The number of aromatic carboxylic acids is 1. The van der Waals surface area contributed by atoms with Crippen molar-refractivity contribution in [3.63, 3.8) is 0 Å². The van der Waals surface area contributed by atoms with Gasteiger partial charge in [0.25, 0.3) is 0 Å². The van der Waals surface area contributed by atoms with Crippen molar-refractivity contribution in [1.82, 2.24) is 29.9 Å². The molecular formula is C43H41Cl2N7O10. The fourth-order valence-corrected chi connectivity index (χ4v) is 5.72. The molecule has 7 heterocycles. The van der Waals surface area contributed by atoms with E-state index in [-0.39, 0.29) is 29.6 Å². The molecular weight excluding hydrogens is 845 g/mol. The molecule has 3 N–H and O–H groups in total. The summed E-state index contributed by atoms with van der Waals surface area (Å²) in [5.74, 6) is -1.49. The minimum Gasteiger partial charge on any atom is -0.478 e. The fraction of sp³-hybridized carbons (Fsp3) is 0.233. The number of nitrogens with zero attached hydrogens (tertiary/aromatic N) is 6. The second-order valence-electron chi connectivity index (χ2n) is 12.8. The van der Waals surface area contributed by atoms with Crippen molar-refractivity contribution >= 4 is 70.5 Å². The van der Waals surface area contributed by atoms with Crippen LogP contribution in [0.2, 0.25) is 10.0 Å². The van der Waals surface area contributed by atoms with Gasteiger partial charge in [0.1, 0.15) is 12.1 Å². The van der Waals surface area contributed by atoms with E-state index in [2.05, 4.69) is 39.4 Å². The van der Waals surface area contributed by atoms with Crippen LogP contribution in [0.1, 0.15) is 76.9 Å². The van der Waals surface area contributed by atoms with E-state index in [1.165, 1.54) is 44.9 Å². The molecule has 1 aliphatic heterocycles. The Morgan fingerprint density at radius 1 is 0.742 bits per heavy atom. The van der Waals surface area contributed by atoms with Crippen LogP contribution in [-0.2, 0) is 43.0 Å². The lowest BCUT2D eigenvalue weighted by Crippen LogP contribution is -2.10. The summed E-state index contributed by atoms with van der Waals surface area (Å²) in [6.07, 6.45) is 13.5. The average molecular weight is 887 g/mol. The van der Waals surface area contributed by atoms with Crippen molar-refractivity contribution in [1.29, 1.82) is 0 Å². The molecule has 1 aliphatic rings. The molecule has 0 aromatic carbocycles. The van der Waals surface area contributed by atoms with Crippen LogP contribution < -0.4 is 5.73 Å². The zero-order valence-corrected chi connectivity index (χ0v) is 35.0. The molecule has 1 saturated heterocycles. The Hall–Kier alpha value is -6.79. The summed E-state index contributed by atoms with van der Waals surface area (Å²) in [5, 5.41) is 10.8. The Labute approximate surface area is 365 Å². The number of pyridine rings is 6. The topological polar surface area (TPSA) is 246 Å². The van der Waals surface area contributed by atoms with Gasteiger partial charge in [-0.05, 0) is 73.0 Å². The molecule has 0 bridgehead atoms. The Balaban J connectivity index is 0.000000188. The molecule has 0 aliphatic carbocycles. The number of nitrogen functional groups attached to an aromatic ring is 1. The third-order valence-electron chi connectivity index (χ3n) is 8.37. The van der Waals surface area contributed by atoms with Gasteiger partial charge in [-0.25, -0.2) is 29.3 Å². The number of carbonyl (C=O) groups is 5. The first-order valence-corrected chi connectivity index (χ1v) is 19.4. The zero-order chi connectivity index (χ0) is 44.9. The van der Waals surface area contributed by atoms with Gasteiger partial charge < -0.3 is 34.6 Å². The number of carboxylic acids is 1. The van der Waals surface area contributed by atoms with Gasteiger partial charge in [0.2, 0.25) is 0 Å². The number of carbonyl (C=O) groups excluding carboxylic acids is 4. The number of aromatic nitrogens is 6. The molecule has 0 amide bonds. The predicted molar refractivity (Wildman–Crippen MR) is 227 cm³/mol. The molecule has 6 aromatic rings. The number of carboxylic acid groups (broad SMARTS) is 1. The number of hydrogen-bond acceptors (Lipinski definition) is 16. The Morgan fingerprint density at radius 2 is 1.29 bits per heavy atom. The first kappa shape index (κ1) is 47.9. The van der Waals surface area contributed by atoms with Gasteiger partial charge in [-0.15, -0.1) is 0 Å². The first-order valence-electron chi connectivity index (χ1n) is 18.6. The van der Waals surface area contributed by atoms with E-state index in [0.29, 0.717) is 76.8 Å². The number of aryl methyl sites for hydroxylation is 2.